The maximum atomic E-state index is 15.9. The summed E-state index contributed by atoms with van der Waals surface area (Å²) in [5.41, 5.74) is 2.22. The van der Waals surface area contributed by atoms with Gasteiger partial charge < -0.3 is 20.5 Å². The number of methoxy groups -OCH3 is 1. The van der Waals surface area contributed by atoms with Gasteiger partial charge in [0.25, 0.3) is 0 Å². The lowest BCUT2D eigenvalue weighted by Gasteiger charge is -2.19. The summed E-state index contributed by atoms with van der Waals surface area (Å²) in [4.78, 5) is 11.7. The van der Waals surface area contributed by atoms with Crippen LogP contribution in [0.3, 0.4) is 0 Å². The first-order valence-corrected chi connectivity index (χ1v) is 10.9. The van der Waals surface area contributed by atoms with Gasteiger partial charge in [0.15, 0.2) is 17.1 Å². The molecule has 2 aromatic carbocycles. The Morgan fingerprint density at radius 1 is 1.11 bits per heavy atom. The molecule has 5 rings (SSSR count). The van der Waals surface area contributed by atoms with Gasteiger partial charge in [0, 0.05) is 24.2 Å². The standard InChI is InChI=1S/C21H15F6N5O2S/c1-33-20-31-15-8(18(32-20)34-12-6-29-5-11(12)23)4-9(21(25,26)27)13(14(15)24)7-2-3-10(22)17-16(7)30-19(28)35-17/h2-4,11-12,29H,5-6H2,1H3,(H2,28,30)/t11-,12+/m1/s1. The maximum absolute atomic E-state index is 15.9. The Morgan fingerprint density at radius 2 is 1.89 bits per heavy atom. The van der Waals surface area contributed by atoms with Crippen LogP contribution < -0.4 is 20.5 Å². The van der Waals surface area contributed by atoms with Gasteiger partial charge in [0.2, 0.25) is 5.88 Å². The van der Waals surface area contributed by atoms with Crippen molar-refractivity contribution in [1.82, 2.24) is 20.3 Å². The van der Waals surface area contributed by atoms with Gasteiger partial charge in [-0.1, -0.05) is 11.3 Å². The molecule has 1 fully saturated rings. The van der Waals surface area contributed by atoms with Crippen molar-refractivity contribution in [3.63, 3.8) is 0 Å². The number of hydrogen-bond donors (Lipinski definition) is 2. The van der Waals surface area contributed by atoms with Gasteiger partial charge in [-0.25, -0.2) is 18.2 Å². The number of thiazole rings is 1. The minimum atomic E-state index is -5.05. The molecule has 0 bridgehead atoms. The van der Waals surface area contributed by atoms with Crippen LogP contribution in [0, 0.1) is 11.6 Å². The van der Waals surface area contributed by atoms with E-state index in [0.29, 0.717) is 6.07 Å². The Labute approximate surface area is 196 Å². The fourth-order valence-corrected chi connectivity index (χ4v) is 4.69. The van der Waals surface area contributed by atoms with E-state index in [1.165, 1.54) is 7.11 Å². The second-order valence-corrected chi connectivity index (χ2v) is 8.71. The van der Waals surface area contributed by atoms with Crippen molar-refractivity contribution in [1.29, 1.82) is 0 Å². The number of nitrogens with two attached hydrogens (primary N) is 1. The van der Waals surface area contributed by atoms with E-state index in [4.69, 9.17) is 15.2 Å². The first-order valence-electron chi connectivity index (χ1n) is 10.1. The first-order chi connectivity index (χ1) is 16.6. The molecule has 2 aromatic heterocycles. The summed E-state index contributed by atoms with van der Waals surface area (Å²) >= 11 is 0.718. The Morgan fingerprint density at radius 3 is 2.54 bits per heavy atom. The van der Waals surface area contributed by atoms with Gasteiger partial charge in [-0.2, -0.15) is 23.1 Å². The molecule has 0 amide bonds. The molecule has 0 aliphatic carbocycles. The molecule has 4 aromatic rings. The van der Waals surface area contributed by atoms with Crippen LogP contribution in [0.25, 0.3) is 32.2 Å². The average Bonchev–Trinajstić information content (AvgIpc) is 3.39. The summed E-state index contributed by atoms with van der Waals surface area (Å²) in [6.07, 6.45) is -7.58. The van der Waals surface area contributed by atoms with Gasteiger partial charge in [0.1, 0.15) is 17.4 Å². The van der Waals surface area contributed by atoms with Crippen LogP contribution >= 0.6 is 11.3 Å². The monoisotopic (exact) mass is 515 g/mol. The van der Waals surface area contributed by atoms with E-state index in [1.807, 2.05) is 0 Å². The fourth-order valence-electron chi connectivity index (χ4n) is 3.92. The van der Waals surface area contributed by atoms with Crippen LogP contribution in [-0.2, 0) is 6.18 Å². The summed E-state index contributed by atoms with van der Waals surface area (Å²) in [5.74, 6) is -2.62. The highest BCUT2D eigenvalue weighted by atomic mass is 32.1. The zero-order chi connectivity index (χ0) is 25.1. The quantitative estimate of drug-likeness (QED) is 0.387. The van der Waals surface area contributed by atoms with Crippen LogP contribution in [0.1, 0.15) is 5.56 Å². The minimum Gasteiger partial charge on any atom is -0.469 e. The number of rotatable bonds is 4. The third-order valence-electron chi connectivity index (χ3n) is 5.50. The van der Waals surface area contributed by atoms with Crippen LogP contribution in [0.2, 0.25) is 0 Å². The molecule has 0 radical (unpaired) electrons. The summed E-state index contributed by atoms with van der Waals surface area (Å²) in [6.45, 7) is 0.0505. The van der Waals surface area contributed by atoms with Gasteiger partial charge in [-0.15, -0.1) is 0 Å². The molecule has 1 saturated heterocycles. The number of halogens is 6. The molecule has 35 heavy (non-hydrogen) atoms. The molecule has 184 valence electrons. The van der Waals surface area contributed by atoms with Crippen LogP contribution in [0.15, 0.2) is 18.2 Å². The predicted molar refractivity (Wildman–Crippen MR) is 116 cm³/mol. The predicted octanol–water partition coefficient (Wildman–Crippen LogP) is 4.48. The number of alkyl halides is 4. The van der Waals surface area contributed by atoms with Gasteiger partial charge in [-0.3, -0.25) is 0 Å². The summed E-state index contributed by atoms with van der Waals surface area (Å²) in [7, 11) is 1.17. The third-order valence-corrected chi connectivity index (χ3v) is 6.39. The van der Waals surface area contributed by atoms with E-state index < -0.39 is 64.0 Å². The largest absolute Gasteiger partial charge is 0.469 e. The minimum absolute atomic E-state index is 0.0194. The Kier molecular flexibility index (Phi) is 5.59. The van der Waals surface area contributed by atoms with Crippen LogP contribution in [-0.4, -0.2) is 47.4 Å². The average molecular weight is 515 g/mol. The van der Waals surface area contributed by atoms with Crippen molar-refractivity contribution >= 4 is 37.6 Å². The lowest BCUT2D eigenvalue weighted by Crippen LogP contribution is -2.27. The highest BCUT2D eigenvalue weighted by molar-refractivity contribution is 7.22. The van der Waals surface area contributed by atoms with Crippen molar-refractivity contribution in [2.75, 3.05) is 25.9 Å². The second-order valence-electron chi connectivity index (χ2n) is 7.68. The molecule has 1 aliphatic heterocycles. The molecule has 2 atom stereocenters. The lowest BCUT2D eigenvalue weighted by molar-refractivity contribution is -0.137. The lowest BCUT2D eigenvalue weighted by atomic mass is 9.95. The molecule has 0 saturated carbocycles. The second kappa shape index (κ2) is 8.37. The summed E-state index contributed by atoms with van der Waals surface area (Å²) in [5, 5.41) is 2.20. The number of nitrogens with one attached hydrogen (secondary N) is 1. The number of fused-ring (bicyclic) bond motifs is 2. The number of nitrogens with zero attached hydrogens (tertiary/aromatic N) is 3. The normalized spacial score (nSPS) is 18.5. The van der Waals surface area contributed by atoms with E-state index in [1.54, 1.807) is 0 Å². The molecule has 7 nitrogen and oxygen atoms in total. The van der Waals surface area contributed by atoms with E-state index in [-0.39, 0.29) is 34.0 Å². The van der Waals surface area contributed by atoms with Gasteiger partial charge in [-0.05, 0) is 18.2 Å². The van der Waals surface area contributed by atoms with Crippen molar-refractivity contribution in [2.45, 2.75) is 18.5 Å². The van der Waals surface area contributed by atoms with E-state index in [2.05, 4.69) is 20.3 Å². The van der Waals surface area contributed by atoms with Crippen LogP contribution in [0.5, 0.6) is 11.9 Å². The number of anilines is 1. The summed E-state index contributed by atoms with van der Waals surface area (Å²) < 4.78 is 97.3. The first kappa shape index (κ1) is 23.4. The van der Waals surface area contributed by atoms with Crippen molar-refractivity contribution < 1.29 is 35.8 Å². The SMILES string of the molecule is COc1nc(O[C@H]2CNC[C@H]2F)c2cc(C(F)(F)F)c(-c3ccc(F)c4sc(N)nc34)c(F)c2n1. The Bertz CT molecular complexity index is 1460. The molecular weight excluding hydrogens is 500 g/mol. The smallest absolute Gasteiger partial charge is 0.417 e. The highest BCUT2D eigenvalue weighted by Gasteiger charge is 2.39. The third kappa shape index (κ3) is 3.95. The number of benzene rings is 2. The molecule has 3 N–H and O–H groups in total. The van der Waals surface area contributed by atoms with Gasteiger partial charge >= 0.3 is 12.2 Å². The number of nitrogen functional groups attached to an aromatic ring is 1. The van der Waals surface area contributed by atoms with Crippen molar-refractivity contribution in [3.8, 4) is 23.0 Å². The molecule has 0 spiro atoms. The Balaban J connectivity index is 1.83. The van der Waals surface area contributed by atoms with Crippen molar-refractivity contribution in [2.24, 2.45) is 0 Å². The summed E-state index contributed by atoms with van der Waals surface area (Å²) in [6, 6.07) is 2.11. The molecular formula is C21H15F6N5O2S. The van der Waals surface area contributed by atoms with E-state index in [9.17, 15) is 22.0 Å². The van der Waals surface area contributed by atoms with E-state index >= 15 is 4.39 Å². The molecule has 0 unspecified atom stereocenters. The van der Waals surface area contributed by atoms with E-state index in [0.717, 1.165) is 23.5 Å². The zero-order valence-corrected chi connectivity index (χ0v) is 18.5. The molecule has 3 heterocycles. The number of hydrogen-bond acceptors (Lipinski definition) is 8. The number of aromatic nitrogens is 3. The van der Waals surface area contributed by atoms with Crippen molar-refractivity contribution in [3.05, 3.63) is 35.4 Å². The molecule has 1 aliphatic rings. The number of ether oxygens (including phenoxy) is 2. The van der Waals surface area contributed by atoms with Crippen LogP contribution in [0.4, 0.5) is 31.5 Å². The molecule has 14 heteroatoms. The Hall–Kier alpha value is -3.39. The zero-order valence-electron chi connectivity index (χ0n) is 17.7. The van der Waals surface area contributed by atoms with Gasteiger partial charge in [0.05, 0.1) is 28.3 Å². The maximum Gasteiger partial charge on any atom is 0.417 e. The highest BCUT2D eigenvalue weighted by Crippen LogP contribution is 2.46. The fraction of sp³-hybridized carbons (Fsp3) is 0.286. The topological polar surface area (TPSA) is 95.2 Å².